The highest BCUT2D eigenvalue weighted by Gasteiger charge is 2.30. The first-order valence-corrected chi connectivity index (χ1v) is 11.3. The van der Waals surface area contributed by atoms with Crippen molar-refractivity contribution in [3.8, 4) is 5.88 Å². The maximum Gasteiger partial charge on any atom is 0.270 e. The largest absolute Gasteiger partial charge is 0.492 e. The molecule has 0 saturated heterocycles. The van der Waals surface area contributed by atoms with Gasteiger partial charge in [-0.15, -0.1) is 0 Å². The van der Waals surface area contributed by atoms with E-state index in [1.807, 2.05) is 13.8 Å². The van der Waals surface area contributed by atoms with Gasteiger partial charge in [-0.2, -0.15) is 9.61 Å². The number of fused-ring (bicyclic) bond motifs is 2. The number of hydrogen-bond acceptors (Lipinski definition) is 7. The first kappa shape index (κ1) is 21.8. The predicted octanol–water partition coefficient (Wildman–Crippen LogP) is 1.14. The summed E-state index contributed by atoms with van der Waals surface area (Å²) in [6.07, 6.45) is 9.91. The van der Waals surface area contributed by atoms with Crippen molar-refractivity contribution in [2.75, 3.05) is 11.4 Å². The molecule has 1 saturated carbocycles. The van der Waals surface area contributed by atoms with Crippen molar-refractivity contribution < 1.29 is 14.7 Å². The Labute approximate surface area is 194 Å². The van der Waals surface area contributed by atoms with Gasteiger partial charge in [-0.05, 0) is 31.3 Å². The van der Waals surface area contributed by atoms with Crippen molar-refractivity contribution >= 4 is 29.4 Å². The van der Waals surface area contributed by atoms with Gasteiger partial charge in [-0.25, -0.2) is 9.97 Å². The van der Waals surface area contributed by atoms with Crippen LogP contribution in [0.2, 0.25) is 0 Å². The molecular formula is C23H25N7O4. The number of carbonyl (C=O) groups excluding carboxylic acids is 2. The summed E-state index contributed by atoms with van der Waals surface area (Å²) in [7, 11) is 0. The van der Waals surface area contributed by atoms with Crippen molar-refractivity contribution in [3.05, 3.63) is 51.8 Å². The molecule has 4 heterocycles. The third-order valence-electron chi connectivity index (χ3n) is 5.89. The molecule has 11 nitrogen and oxygen atoms in total. The van der Waals surface area contributed by atoms with E-state index in [1.165, 1.54) is 27.7 Å². The van der Waals surface area contributed by atoms with Crippen LogP contribution in [0.15, 0.2) is 29.6 Å². The number of nitrogens with zero attached hydrogens (tertiary/aromatic N) is 6. The van der Waals surface area contributed by atoms with Crippen molar-refractivity contribution in [2.45, 2.75) is 45.7 Å². The van der Waals surface area contributed by atoms with Gasteiger partial charge in [0.15, 0.2) is 5.56 Å². The number of anilines is 1. The van der Waals surface area contributed by atoms with E-state index in [1.54, 1.807) is 17.2 Å². The molecule has 2 amide bonds. The minimum absolute atomic E-state index is 0.0312. The summed E-state index contributed by atoms with van der Waals surface area (Å²) in [6, 6.07) is 0.0312. The van der Waals surface area contributed by atoms with Gasteiger partial charge in [-0.1, -0.05) is 13.8 Å². The molecule has 176 valence electrons. The second-order valence-electron chi connectivity index (χ2n) is 9.04. The van der Waals surface area contributed by atoms with E-state index in [9.17, 15) is 19.5 Å². The van der Waals surface area contributed by atoms with Gasteiger partial charge in [0.05, 0.1) is 6.20 Å². The zero-order chi connectivity index (χ0) is 24.0. The maximum atomic E-state index is 13.3. The molecule has 3 aromatic rings. The molecule has 0 spiro atoms. The Morgan fingerprint density at radius 3 is 2.82 bits per heavy atom. The van der Waals surface area contributed by atoms with Crippen molar-refractivity contribution in [3.63, 3.8) is 0 Å². The fourth-order valence-electron chi connectivity index (χ4n) is 4.12. The number of rotatable bonds is 6. The van der Waals surface area contributed by atoms with Crippen LogP contribution in [-0.2, 0) is 17.8 Å². The Morgan fingerprint density at radius 2 is 2.09 bits per heavy atom. The fraction of sp³-hybridized carbons (Fsp3) is 0.391. The van der Waals surface area contributed by atoms with Crippen LogP contribution in [0.5, 0.6) is 5.88 Å². The lowest BCUT2D eigenvalue weighted by atomic mass is 10.2. The lowest BCUT2D eigenvalue weighted by Gasteiger charge is -2.15. The van der Waals surface area contributed by atoms with E-state index in [2.05, 4.69) is 20.4 Å². The zero-order valence-corrected chi connectivity index (χ0v) is 18.9. The van der Waals surface area contributed by atoms with E-state index < -0.39 is 17.3 Å². The summed E-state index contributed by atoms with van der Waals surface area (Å²) in [5.74, 6) is -0.722. The number of aromatic nitrogens is 5. The third kappa shape index (κ3) is 3.82. The second kappa shape index (κ2) is 8.40. The van der Waals surface area contributed by atoms with E-state index in [0.29, 0.717) is 36.5 Å². The number of aromatic hydroxyl groups is 1. The minimum atomic E-state index is -0.609. The molecule has 1 fully saturated rings. The predicted molar refractivity (Wildman–Crippen MR) is 124 cm³/mol. The van der Waals surface area contributed by atoms with Crippen molar-refractivity contribution in [1.29, 1.82) is 0 Å². The van der Waals surface area contributed by atoms with Gasteiger partial charge >= 0.3 is 0 Å². The second-order valence-corrected chi connectivity index (χ2v) is 9.04. The third-order valence-corrected chi connectivity index (χ3v) is 5.89. The molecule has 0 aromatic carbocycles. The van der Waals surface area contributed by atoms with Crippen LogP contribution in [0.3, 0.4) is 0 Å². The number of hydrogen-bond donors (Lipinski definition) is 2. The molecule has 0 unspecified atom stereocenters. The van der Waals surface area contributed by atoms with E-state index in [0.717, 1.165) is 18.4 Å². The summed E-state index contributed by atoms with van der Waals surface area (Å²) in [6.45, 7) is 4.71. The zero-order valence-electron chi connectivity index (χ0n) is 18.9. The summed E-state index contributed by atoms with van der Waals surface area (Å²) >= 11 is 0. The Morgan fingerprint density at radius 1 is 1.29 bits per heavy atom. The maximum absolute atomic E-state index is 13.3. The quantitative estimate of drug-likeness (QED) is 0.524. The molecule has 11 heteroatoms. The molecule has 0 atom stereocenters. The van der Waals surface area contributed by atoms with Crippen LogP contribution < -0.4 is 15.8 Å². The summed E-state index contributed by atoms with van der Waals surface area (Å²) in [4.78, 5) is 48.6. The first-order valence-electron chi connectivity index (χ1n) is 11.3. The van der Waals surface area contributed by atoms with Crippen LogP contribution >= 0.6 is 0 Å². The molecule has 2 N–H and O–H groups in total. The Bertz CT molecular complexity index is 1380. The van der Waals surface area contributed by atoms with Gasteiger partial charge < -0.3 is 10.4 Å². The van der Waals surface area contributed by atoms with Gasteiger partial charge in [0.25, 0.3) is 17.4 Å². The molecule has 0 radical (unpaired) electrons. The smallest absolute Gasteiger partial charge is 0.270 e. The van der Waals surface area contributed by atoms with E-state index >= 15 is 0 Å². The van der Waals surface area contributed by atoms with E-state index in [-0.39, 0.29) is 23.4 Å². The molecule has 3 aromatic heterocycles. The Kier molecular flexibility index (Phi) is 5.39. The summed E-state index contributed by atoms with van der Waals surface area (Å²) in [5, 5.41) is 17.7. The number of nitrogens with one attached hydrogen (secondary N) is 1. The molecule has 2 aliphatic rings. The van der Waals surface area contributed by atoms with Crippen LogP contribution in [0, 0.1) is 5.92 Å². The van der Waals surface area contributed by atoms with Gasteiger partial charge in [0.1, 0.15) is 17.8 Å². The molecule has 34 heavy (non-hydrogen) atoms. The van der Waals surface area contributed by atoms with Crippen LogP contribution in [0.4, 0.5) is 5.82 Å². The van der Waals surface area contributed by atoms with E-state index in [4.69, 9.17) is 0 Å². The fourth-order valence-corrected chi connectivity index (χ4v) is 4.12. The average molecular weight is 463 g/mol. The average Bonchev–Trinajstić information content (AvgIpc) is 3.34. The Balaban J connectivity index is 1.54. The van der Waals surface area contributed by atoms with Crippen LogP contribution in [-0.4, -0.2) is 53.7 Å². The van der Waals surface area contributed by atoms with Crippen molar-refractivity contribution in [1.82, 2.24) is 29.5 Å². The molecule has 1 aliphatic carbocycles. The first-order chi connectivity index (χ1) is 16.3. The lowest BCUT2D eigenvalue weighted by molar-refractivity contribution is -0.114. The summed E-state index contributed by atoms with van der Waals surface area (Å²) < 4.78 is 2.61. The SMILES string of the molecule is CC(C)Cn1c(=O)c(C(=O)NC2CC2)c(O)n2ncc(C=CC(=O)N3CCc4cncnc43)c12. The van der Waals surface area contributed by atoms with Crippen molar-refractivity contribution in [2.24, 2.45) is 5.92 Å². The number of amides is 2. The highest BCUT2D eigenvalue weighted by Crippen LogP contribution is 2.26. The van der Waals surface area contributed by atoms with Gasteiger partial charge in [-0.3, -0.25) is 23.9 Å². The van der Waals surface area contributed by atoms with Gasteiger partial charge in [0, 0.05) is 42.5 Å². The molecule has 1 aliphatic heterocycles. The van der Waals surface area contributed by atoms with Crippen LogP contribution in [0.25, 0.3) is 11.7 Å². The highest BCUT2D eigenvalue weighted by atomic mass is 16.3. The van der Waals surface area contributed by atoms with Gasteiger partial charge in [0.2, 0.25) is 5.88 Å². The molecule has 0 bridgehead atoms. The standard InChI is InChI=1S/C23H25N7O4/c1-13(2)11-29-21-15(3-6-17(31)28-8-7-14-9-24-12-25-19(14)28)10-26-30(21)23(34)18(22(29)33)20(32)27-16-4-5-16/h3,6,9-10,12-13,16,34H,4-5,7-8,11H2,1-2H3,(H,27,32). The van der Waals surface area contributed by atoms with Crippen LogP contribution in [0.1, 0.15) is 48.2 Å². The lowest BCUT2D eigenvalue weighted by Crippen LogP contribution is -2.36. The molecule has 5 rings (SSSR count). The normalized spacial score (nSPS) is 15.4. The monoisotopic (exact) mass is 463 g/mol. The topological polar surface area (TPSA) is 135 Å². The Hall–Kier alpha value is -4.02. The highest BCUT2D eigenvalue weighted by molar-refractivity contribution is 6.04. The summed E-state index contributed by atoms with van der Waals surface area (Å²) in [5.41, 5.74) is 0.768. The number of carbonyl (C=O) groups is 2. The molecular weight excluding hydrogens is 438 g/mol. The minimum Gasteiger partial charge on any atom is -0.492 e.